The zero-order chi connectivity index (χ0) is 17.5. The highest BCUT2D eigenvalue weighted by Gasteiger charge is 2.15. The first kappa shape index (κ1) is 17.3. The lowest BCUT2D eigenvalue weighted by Crippen LogP contribution is -2.33. The number of hydrogen-bond donors (Lipinski definition) is 2. The molecule has 0 aliphatic rings. The molecule has 3 N–H and O–H groups in total. The molecule has 9 nitrogen and oxygen atoms in total. The molecule has 0 unspecified atom stereocenters. The first-order valence-corrected chi connectivity index (χ1v) is 7.53. The van der Waals surface area contributed by atoms with Crippen molar-refractivity contribution in [3.8, 4) is 0 Å². The van der Waals surface area contributed by atoms with Crippen molar-refractivity contribution in [2.24, 2.45) is 4.99 Å². The number of carbonyl (C=O) groups excluding carboxylic acids is 1. The lowest BCUT2D eigenvalue weighted by atomic mass is 10.2. The van der Waals surface area contributed by atoms with E-state index in [-0.39, 0.29) is 18.1 Å². The molecule has 0 saturated heterocycles. The van der Waals surface area contributed by atoms with E-state index in [2.05, 4.69) is 25.4 Å². The Morgan fingerprint density at radius 2 is 2.08 bits per heavy atom. The average molecular weight is 329 g/mol. The average Bonchev–Trinajstić information content (AvgIpc) is 2.58. The molecule has 2 rings (SSSR count). The molecule has 0 spiro atoms. The molecule has 0 fully saturated rings. The number of nitrogens with two attached hydrogens (primary N) is 1. The zero-order valence-corrected chi connectivity index (χ0v) is 13.6. The molecule has 9 heteroatoms. The van der Waals surface area contributed by atoms with Crippen molar-refractivity contribution >= 4 is 23.8 Å². The summed E-state index contributed by atoms with van der Waals surface area (Å²) in [6.07, 6.45) is 4.96. The molecule has 24 heavy (non-hydrogen) atoms. The normalized spacial score (nSPS) is 10.9. The number of aryl methyl sites for hydroxylation is 1. The third-order valence-corrected chi connectivity index (χ3v) is 3.16. The van der Waals surface area contributed by atoms with Crippen LogP contribution in [0.25, 0.3) is 0 Å². The van der Waals surface area contributed by atoms with Gasteiger partial charge in [0.05, 0.1) is 16.9 Å². The summed E-state index contributed by atoms with van der Waals surface area (Å²) in [6, 6.07) is 1.63. The molecule has 0 aliphatic heterocycles. The van der Waals surface area contributed by atoms with Gasteiger partial charge < -0.3 is 5.73 Å². The second-order valence-electron chi connectivity index (χ2n) is 4.84. The van der Waals surface area contributed by atoms with Crippen molar-refractivity contribution < 1.29 is 4.79 Å². The van der Waals surface area contributed by atoms with Crippen LogP contribution in [0, 0.1) is 0 Å². The molecule has 0 aliphatic carbocycles. The van der Waals surface area contributed by atoms with Crippen molar-refractivity contribution in [1.29, 1.82) is 0 Å². The van der Waals surface area contributed by atoms with Gasteiger partial charge in [0.2, 0.25) is 11.9 Å². The van der Waals surface area contributed by atoms with Crippen LogP contribution in [0.5, 0.6) is 0 Å². The Morgan fingerprint density at radius 1 is 1.38 bits per heavy atom. The van der Waals surface area contributed by atoms with Gasteiger partial charge in [-0.25, -0.2) is 14.6 Å². The Hall–Kier alpha value is -3.10. The largest absolute Gasteiger partial charge is 0.397 e. The van der Waals surface area contributed by atoms with Gasteiger partial charge in [0, 0.05) is 25.2 Å². The van der Waals surface area contributed by atoms with Gasteiger partial charge in [-0.1, -0.05) is 6.92 Å². The first-order valence-electron chi connectivity index (χ1n) is 7.53. The van der Waals surface area contributed by atoms with Crippen LogP contribution < -0.4 is 16.6 Å². The van der Waals surface area contributed by atoms with Crippen molar-refractivity contribution in [1.82, 2.24) is 19.7 Å². The van der Waals surface area contributed by atoms with Crippen LogP contribution in [-0.2, 0) is 17.8 Å². The highest BCUT2D eigenvalue weighted by Crippen LogP contribution is 2.10. The number of anilines is 2. The maximum absolute atomic E-state index is 12.5. The second kappa shape index (κ2) is 7.95. The second-order valence-corrected chi connectivity index (χ2v) is 4.84. The summed E-state index contributed by atoms with van der Waals surface area (Å²) in [5.41, 5.74) is 6.58. The van der Waals surface area contributed by atoms with Gasteiger partial charge in [-0.3, -0.25) is 19.9 Å². The summed E-state index contributed by atoms with van der Waals surface area (Å²) in [6.45, 7) is 3.97. The van der Waals surface area contributed by atoms with Gasteiger partial charge in [-0.05, 0) is 19.4 Å². The molecule has 0 radical (unpaired) electrons. The van der Waals surface area contributed by atoms with Gasteiger partial charge >= 0.3 is 0 Å². The summed E-state index contributed by atoms with van der Waals surface area (Å²) in [5.74, 6) is -0.296. The third-order valence-electron chi connectivity index (χ3n) is 3.16. The summed E-state index contributed by atoms with van der Waals surface area (Å²) in [4.78, 5) is 36.4. The third kappa shape index (κ3) is 4.00. The molecule has 126 valence electrons. The van der Waals surface area contributed by atoms with E-state index in [0.29, 0.717) is 24.3 Å². The Morgan fingerprint density at radius 3 is 2.71 bits per heavy atom. The predicted octanol–water partition coefficient (Wildman–Crippen LogP) is 0.255. The molecule has 2 heterocycles. The van der Waals surface area contributed by atoms with Crippen molar-refractivity contribution in [2.75, 3.05) is 17.6 Å². The van der Waals surface area contributed by atoms with Gasteiger partial charge in [0.25, 0.3) is 5.56 Å². The molecule has 0 aromatic carbocycles. The number of nitrogens with zero attached hydrogens (tertiary/aromatic N) is 5. The maximum atomic E-state index is 12.5. The first-order chi connectivity index (χ1) is 11.6. The molecule has 1 amide bonds. The fraction of sp³-hybridized carbons (Fsp3) is 0.333. The minimum Gasteiger partial charge on any atom is -0.397 e. The van der Waals surface area contributed by atoms with E-state index in [0.717, 1.165) is 4.68 Å². The van der Waals surface area contributed by atoms with Crippen LogP contribution in [0.15, 0.2) is 28.2 Å². The number of nitrogen functional groups attached to an aromatic ring is 1. The highest BCUT2D eigenvalue weighted by molar-refractivity contribution is 5.89. The van der Waals surface area contributed by atoms with Crippen molar-refractivity contribution in [2.45, 2.75) is 26.8 Å². The molecular weight excluding hydrogens is 310 g/mol. The summed E-state index contributed by atoms with van der Waals surface area (Å²) in [7, 11) is 0. The van der Waals surface area contributed by atoms with E-state index in [9.17, 15) is 9.59 Å². The lowest BCUT2D eigenvalue weighted by molar-refractivity contribution is -0.117. The van der Waals surface area contributed by atoms with E-state index in [1.54, 1.807) is 6.07 Å². The Balaban J connectivity index is 2.31. The lowest BCUT2D eigenvalue weighted by Gasteiger charge is -2.11. The van der Waals surface area contributed by atoms with Crippen molar-refractivity contribution in [3.05, 3.63) is 40.1 Å². The number of rotatable bonds is 6. The summed E-state index contributed by atoms with van der Waals surface area (Å²) >= 11 is 0. The molecule has 0 atom stereocenters. The quantitative estimate of drug-likeness (QED) is 0.731. The predicted molar refractivity (Wildman–Crippen MR) is 91.1 cm³/mol. The summed E-state index contributed by atoms with van der Waals surface area (Å²) in [5, 5.41) is 6.66. The van der Waals surface area contributed by atoms with E-state index < -0.39 is 11.5 Å². The van der Waals surface area contributed by atoms with Crippen molar-refractivity contribution in [3.63, 3.8) is 0 Å². The van der Waals surface area contributed by atoms with Gasteiger partial charge in [-0.15, -0.1) is 0 Å². The highest BCUT2D eigenvalue weighted by atomic mass is 16.2. The summed E-state index contributed by atoms with van der Waals surface area (Å²) < 4.78 is 1.07. The molecule has 0 saturated carbocycles. The van der Waals surface area contributed by atoms with Crippen LogP contribution in [0.2, 0.25) is 0 Å². The fourth-order valence-corrected chi connectivity index (χ4v) is 1.99. The molecule has 2 aromatic rings. The van der Waals surface area contributed by atoms with Crippen LogP contribution in [0.4, 0.5) is 11.6 Å². The van der Waals surface area contributed by atoms with E-state index in [1.807, 2.05) is 13.8 Å². The van der Waals surface area contributed by atoms with Gasteiger partial charge in [0.15, 0.2) is 0 Å². The Bertz CT molecular complexity index is 799. The minimum atomic E-state index is -0.467. The van der Waals surface area contributed by atoms with Crippen LogP contribution in [0.1, 0.15) is 25.1 Å². The number of hydrogen-bond acceptors (Lipinski definition) is 7. The SMILES string of the molecule is CCN=Cc1c(N)c(CC)nn(CC(=O)Nc2ncccn2)c1=O. The number of amides is 1. The number of aromatic nitrogens is 4. The topological polar surface area (TPSA) is 128 Å². The van der Waals surface area contributed by atoms with Crippen LogP contribution in [0.3, 0.4) is 0 Å². The van der Waals surface area contributed by atoms with E-state index >= 15 is 0 Å². The number of nitrogens with one attached hydrogen (secondary N) is 1. The molecular formula is C15H19N7O2. The Kier molecular flexibility index (Phi) is 5.72. The zero-order valence-electron chi connectivity index (χ0n) is 13.6. The fourth-order valence-electron chi connectivity index (χ4n) is 1.99. The van der Waals surface area contributed by atoms with Gasteiger partial charge in [0.1, 0.15) is 6.54 Å². The maximum Gasteiger partial charge on any atom is 0.278 e. The van der Waals surface area contributed by atoms with Crippen LogP contribution >= 0.6 is 0 Å². The molecule has 2 aromatic heterocycles. The van der Waals surface area contributed by atoms with E-state index in [1.165, 1.54) is 18.6 Å². The standard InChI is InChI=1S/C15H19N7O2/c1-3-11-13(16)10(8-17-4-2)14(24)22(21-11)9-12(23)20-15-18-6-5-7-19-15/h5-8H,3-4,9,16H2,1-2H3,(H,18,19,20,23). The molecule has 0 bridgehead atoms. The smallest absolute Gasteiger partial charge is 0.278 e. The Labute approximate surface area is 138 Å². The monoisotopic (exact) mass is 329 g/mol. The van der Waals surface area contributed by atoms with E-state index in [4.69, 9.17) is 5.73 Å². The minimum absolute atomic E-state index is 0.162. The number of carbonyl (C=O) groups is 1. The van der Waals surface area contributed by atoms with Crippen LogP contribution in [-0.4, -0.2) is 38.4 Å². The van der Waals surface area contributed by atoms with Gasteiger partial charge in [-0.2, -0.15) is 5.10 Å². The number of aliphatic imine (C=N–C) groups is 1.